The van der Waals surface area contributed by atoms with Gasteiger partial charge in [0.25, 0.3) is 0 Å². The van der Waals surface area contributed by atoms with Gasteiger partial charge in [0.2, 0.25) is 0 Å². The van der Waals surface area contributed by atoms with E-state index in [9.17, 15) is 0 Å². The third kappa shape index (κ3) is 2.35. The van der Waals surface area contributed by atoms with E-state index in [2.05, 4.69) is 11.0 Å². The molecule has 4 rings (SSSR count). The summed E-state index contributed by atoms with van der Waals surface area (Å²) in [6.07, 6.45) is 2.42. The fourth-order valence-corrected chi connectivity index (χ4v) is 4.32. The van der Waals surface area contributed by atoms with Gasteiger partial charge in [-0.3, -0.25) is 4.90 Å². The van der Waals surface area contributed by atoms with E-state index in [1.54, 1.807) is 0 Å². The Hall–Kier alpha value is -0.680. The lowest BCUT2D eigenvalue weighted by Gasteiger charge is -2.41. The number of halogens is 1. The van der Waals surface area contributed by atoms with Crippen molar-refractivity contribution in [1.82, 2.24) is 9.88 Å². The summed E-state index contributed by atoms with van der Waals surface area (Å²) in [5.41, 5.74) is 1.05. The van der Waals surface area contributed by atoms with E-state index in [1.165, 1.54) is 35.6 Å². The summed E-state index contributed by atoms with van der Waals surface area (Å²) in [4.78, 5) is 7.37. The van der Waals surface area contributed by atoms with Crippen LogP contribution >= 0.6 is 22.9 Å². The van der Waals surface area contributed by atoms with E-state index in [1.807, 2.05) is 23.5 Å². The molecule has 2 aliphatic rings. The van der Waals surface area contributed by atoms with Crippen molar-refractivity contribution in [2.45, 2.75) is 24.8 Å². The molecule has 0 saturated carbocycles. The molecule has 2 aliphatic heterocycles. The van der Waals surface area contributed by atoms with Crippen LogP contribution < -0.4 is 0 Å². The van der Waals surface area contributed by atoms with Crippen molar-refractivity contribution in [1.29, 1.82) is 0 Å². The summed E-state index contributed by atoms with van der Waals surface area (Å²) in [5, 5.41) is 2.06. The number of likely N-dealkylation sites (tertiary alicyclic amines) is 1. The summed E-state index contributed by atoms with van der Waals surface area (Å²) in [6.45, 7) is 4.19. The van der Waals surface area contributed by atoms with Gasteiger partial charge in [0.05, 0.1) is 34.5 Å². The SMILES string of the molecule is Clc1ccc2sc(C3CCN(C4COC4)CC3)nc2c1. The fourth-order valence-electron chi connectivity index (χ4n) is 3.04. The number of thiazole rings is 1. The summed E-state index contributed by atoms with van der Waals surface area (Å²) >= 11 is 7.87. The molecule has 0 radical (unpaired) electrons. The summed E-state index contributed by atoms with van der Waals surface area (Å²) < 4.78 is 6.54. The molecule has 3 nitrogen and oxygen atoms in total. The number of ether oxygens (including phenoxy) is 1. The first-order valence-electron chi connectivity index (χ1n) is 7.17. The second-order valence-electron chi connectivity index (χ2n) is 5.67. The number of benzene rings is 1. The smallest absolute Gasteiger partial charge is 0.0970 e. The molecule has 1 aromatic carbocycles. The van der Waals surface area contributed by atoms with E-state index in [4.69, 9.17) is 21.3 Å². The molecule has 0 amide bonds. The minimum absolute atomic E-state index is 0.614. The molecule has 2 saturated heterocycles. The Labute approximate surface area is 127 Å². The maximum atomic E-state index is 6.04. The van der Waals surface area contributed by atoms with Gasteiger partial charge in [0.1, 0.15) is 0 Å². The van der Waals surface area contributed by atoms with Gasteiger partial charge >= 0.3 is 0 Å². The normalized spacial score (nSPS) is 22.2. The Bertz CT molecular complexity index is 617. The van der Waals surface area contributed by atoms with Crippen molar-refractivity contribution in [3.05, 3.63) is 28.2 Å². The molecule has 2 fully saturated rings. The van der Waals surface area contributed by atoms with Gasteiger partial charge in [-0.15, -0.1) is 11.3 Å². The molecule has 20 heavy (non-hydrogen) atoms. The molecule has 0 aliphatic carbocycles. The number of hydrogen-bond acceptors (Lipinski definition) is 4. The highest BCUT2D eigenvalue weighted by molar-refractivity contribution is 7.18. The summed E-state index contributed by atoms with van der Waals surface area (Å²) in [6, 6.07) is 6.67. The molecule has 2 aromatic rings. The highest BCUT2D eigenvalue weighted by Crippen LogP contribution is 2.35. The molecule has 106 valence electrons. The first-order valence-corrected chi connectivity index (χ1v) is 8.37. The first kappa shape index (κ1) is 13.0. The molecule has 0 unspecified atom stereocenters. The van der Waals surface area contributed by atoms with Crippen LogP contribution in [0.4, 0.5) is 0 Å². The van der Waals surface area contributed by atoms with E-state index >= 15 is 0 Å². The Morgan fingerprint density at radius 3 is 2.75 bits per heavy atom. The Morgan fingerprint density at radius 2 is 2.05 bits per heavy atom. The highest BCUT2D eigenvalue weighted by atomic mass is 35.5. The van der Waals surface area contributed by atoms with Crippen molar-refractivity contribution in [3.63, 3.8) is 0 Å². The zero-order valence-electron chi connectivity index (χ0n) is 11.2. The van der Waals surface area contributed by atoms with E-state index < -0.39 is 0 Å². The quantitative estimate of drug-likeness (QED) is 0.848. The first-order chi connectivity index (χ1) is 9.79. The van der Waals surface area contributed by atoms with Gasteiger partial charge < -0.3 is 4.74 Å². The fraction of sp³-hybridized carbons (Fsp3) is 0.533. The summed E-state index contributed by atoms with van der Waals surface area (Å²) in [5.74, 6) is 0.614. The zero-order chi connectivity index (χ0) is 13.5. The molecular weight excluding hydrogens is 292 g/mol. The standard InChI is InChI=1S/C15H17ClN2OS/c16-11-1-2-14-13(7-11)17-15(20-14)10-3-5-18(6-4-10)12-8-19-9-12/h1-2,7,10,12H,3-6,8-9H2. The van der Waals surface area contributed by atoms with Crippen LogP contribution in [-0.2, 0) is 4.74 Å². The second-order valence-corrected chi connectivity index (χ2v) is 7.16. The molecule has 5 heteroatoms. The van der Waals surface area contributed by atoms with Crippen molar-refractivity contribution in [2.24, 2.45) is 0 Å². The van der Waals surface area contributed by atoms with Crippen LogP contribution in [0.25, 0.3) is 10.2 Å². The Balaban J connectivity index is 1.49. The van der Waals surface area contributed by atoms with Gasteiger partial charge in [-0.05, 0) is 44.1 Å². The minimum atomic E-state index is 0.614. The maximum absolute atomic E-state index is 6.04. The van der Waals surface area contributed by atoms with Crippen LogP contribution in [0.1, 0.15) is 23.8 Å². The van der Waals surface area contributed by atoms with Crippen LogP contribution in [0, 0.1) is 0 Å². The van der Waals surface area contributed by atoms with Crippen molar-refractivity contribution >= 4 is 33.2 Å². The van der Waals surface area contributed by atoms with Gasteiger partial charge in [-0.25, -0.2) is 4.98 Å². The number of hydrogen-bond donors (Lipinski definition) is 0. The van der Waals surface area contributed by atoms with Crippen LogP contribution in [0.2, 0.25) is 5.02 Å². The number of rotatable bonds is 2. The highest BCUT2D eigenvalue weighted by Gasteiger charge is 2.30. The van der Waals surface area contributed by atoms with Crippen molar-refractivity contribution in [3.8, 4) is 0 Å². The van der Waals surface area contributed by atoms with E-state index in [0.717, 1.165) is 23.8 Å². The lowest BCUT2D eigenvalue weighted by atomic mass is 9.96. The lowest BCUT2D eigenvalue weighted by molar-refractivity contribution is -0.0712. The minimum Gasteiger partial charge on any atom is -0.378 e. The molecule has 0 bridgehead atoms. The zero-order valence-corrected chi connectivity index (χ0v) is 12.8. The number of fused-ring (bicyclic) bond motifs is 1. The third-order valence-corrected chi connectivity index (χ3v) is 5.82. The average Bonchev–Trinajstić information content (AvgIpc) is 2.80. The van der Waals surface area contributed by atoms with Crippen LogP contribution in [0.5, 0.6) is 0 Å². The Morgan fingerprint density at radius 1 is 1.25 bits per heavy atom. The number of piperidine rings is 1. The largest absolute Gasteiger partial charge is 0.378 e. The predicted octanol–water partition coefficient (Wildman–Crippen LogP) is 3.53. The third-order valence-electron chi connectivity index (χ3n) is 4.38. The molecular formula is C15H17ClN2OS. The predicted molar refractivity (Wildman–Crippen MR) is 82.8 cm³/mol. The summed E-state index contributed by atoms with van der Waals surface area (Å²) in [7, 11) is 0. The second kappa shape index (κ2) is 5.26. The average molecular weight is 309 g/mol. The maximum Gasteiger partial charge on any atom is 0.0970 e. The van der Waals surface area contributed by atoms with Crippen molar-refractivity contribution in [2.75, 3.05) is 26.3 Å². The van der Waals surface area contributed by atoms with Crippen molar-refractivity contribution < 1.29 is 4.74 Å². The topological polar surface area (TPSA) is 25.4 Å². The molecule has 0 N–H and O–H groups in total. The lowest BCUT2D eigenvalue weighted by Crippen LogP contribution is -2.51. The monoisotopic (exact) mass is 308 g/mol. The molecule has 0 spiro atoms. The molecule has 1 aromatic heterocycles. The van der Waals surface area contributed by atoms with Crippen LogP contribution in [0.15, 0.2) is 18.2 Å². The molecule has 3 heterocycles. The van der Waals surface area contributed by atoms with Gasteiger partial charge in [0, 0.05) is 10.9 Å². The van der Waals surface area contributed by atoms with E-state index in [-0.39, 0.29) is 0 Å². The Kier molecular flexibility index (Phi) is 3.42. The van der Waals surface area contributed by atoms with Gasteiger partial charge in [-0.2, -0.15) is 0 Å². The molecule has 0 atom stereocenters. The van der Waals surface area contributed by atoms with Gasteiger partial charge in [-0.1, -0.05) is 11.6 Å². The van der Waals surface area contributed by atoms with Crippen LogP contribution in [-0.4, -0.2) is 42.2 Å². The van der Waals surface area contributed by atoms with Gasteiger partial charge in [0.15, 0.2) is 0 Å². The van der Waals surface area contributed by atoms with E-state index in [0.29, 0.717) is 12.0 Å². The number of nitrogens with zero attached hydrogens (tertiary/aromatic N) is 2. The van der Waals surface area contributed by atoms with Crippen LogP contribution in [0.3, 0.4) is 0 Å². The number of aromatic nitrogens is 1.